The molecule has 5 N–H and O–H groups in total. The fourth-order valence-corrected chi connectivity index (χ4v) is 3.08. The molecule has 0 aromatic rings. The summed E-state index contributed by atoms with van der Waals surface area (Å²) in [6.07, 6.45) is -12.8. The summed E-state index contributed by atoms with van der Waals surface area (Å²) in [5.41, 5.74) is 0. The van der Waals surface area contributed by atoms with Crippen molar-refractivity contribution < 1.29 is 54.0 Å². The van der Waals surface area contributed by atoms with Crippen molar-refractivity contribution in [3.63, 3.8) is 0 Å². The number of ether oxygens (including phenoxy) is 5. The van der Waals surface area contributed by atoms with Crippen molar-refractivity contribution in [1.82, 2.24) is 0 Å². The molecular weight excluding hydrogens is 368 g/mol. The lowest BCUT2D eigenvalue weighted by atomic mass is 9.97. The van der Waals surface area contributed by atoms with Crippen molar-refractivity contribution in [2.24, 2.45) is 0 Å². The standard InChI is InChI=1S/C16H28O11/c1-6-9(19)11(21)12(22)15(24-6)27-14-13(23-3)10(20)7(2)25-16(14)26-8(4-17)5-18/h4,6-16,18-22H,5H2,1-3H3/t6-,7-,8?,9+,10-,11+,12+,13+,14+,15-,16-/m0/s1. The van der Waals surface area contributed by atoms with Crippen LogP contribution in [-0.4, -0.2) is 113 Å². The molecule has 2 aliphatic heterocycles. The first-order valence-electron chi connectivity index (χ1n) is 8.68. The van der Waals surface area contributed by atoms with Crippen molar-refractivity contribution in [2.75, 3.05) is 13.7 Å². The van der Waals surface area contributed by atoms with E-state index in [1.54, 1.807) is 6.92 Å². The van der Waals surface area contributed by atoms with Crippen LogP contribution in [0.5, 0.6) is 0 Å². The highest BCUT2D eigenvalue weighted by Crippen LogP contribution is 2.31. The van der Waals surface area contributed by atoms with E-state index in [0.29, 0.717) is 6.29 Å². The molecule has 2 aliphatic rings. The van der Waals surface area contributed by atoms with Gasteiger partial charge in [0.25, 0.3) is 0 Å². The van der Waals surface area contributed by atoms with Gasteiger partial charge < -0.3 is 54.0 Å². The number of carbonyl (C=O) groups is 1. The fourth-order valence-electron chi connectivity index (χ4n) is 3.08. The molecule has 2 rings (SSSR count). The molecule has 0 saturated carbocycles. The molecule has 0 aromatic heterocycles. The molecule has 2 heterocycles. The highest BCUT2D eigenvalue weighted by molar-refractivity contribution is 5.56. The fraction of sp³-hybridized carbons (Fsp3) is 0.938. The molecule has 0 bridgehead atoms. The Balaban J connectivity index is 2.22. The average molecular weight is 396 g/mol. The third-order valence-electron chi connectivity index (χ3n) is 4.77. The second-order valence-corrected chi connectivity index (χ2v) is 6.68. The monoisotopic (exact) mass is 396 g/mol. The van der Waals surface area contributed by atoms with Gasteiger partial charge in [0, 0.05) is 7.11 Å². The van der Waals surface area contributed by atoms with Gasteiger partial charge in [0.05, 0.1) is 18.8 Å². The van der Waals surface area contributed by atoms with E-state index < -0.39 is 74.1 Å². The smallest absolute Gasteiger partial charge is 0.187 e. The summed E-state index contributed by atoms with van der Waals surface area (Å²) >= 11 is 0. The number of aldehydes is 1. The van der Waals surface area contributed by atoms with E-state index in [9.17, 15) is 30.3 Å². The Morgan fingerprint density at radius 1 is 0.926 bits per heavy atom. The number of aliphatic hydroxyl groups is 5. The zero-order valence-electron chi connectivity index (χ0n) is 15.3. The highest BCUT2D eigenvalue weighted by Gasteiger charge is 2.50. The SMILES string of the molecule is CO[C@@H]1[C@@H](O)[C@H](C)O[C@@H](OC(C=O)CO)[C@@H]1O[C@@H]1O[C@@H](C)[C@@H](O)[C@@H](O)[C@H]1O. The number of hydrogen-bond acceptors (Lipinski definition) is 11. The predicted octanol–water partition coefficient (Wildman–Crippen LogP) is -3.10. The molecule has 11 heteroatoms. The van der Waals surface area contributed by atoms with Crippen molar-refractivity contribution in [3.8, 4) is 0 Å². The summed E-state index contributed by atoms with van der Waals surface area (Å²) in [4.78, 5) is 11.0. The Kier molecular flexibility index (Phi) is 8.06. The van der Waals surface area contributed by atoms with Gasteiger partial charge in [-0.3, -0.25) is 0 Å². The van der Waals surface area contributed by atoms with Gasteiger partial charge in [0.1, 0.15) is 42.7 Å². The lowest BCUT2D eigenvalue weighted by molar-refractivity contribution is -0.366. The van der Waals surface area contributed by atoms with Crippen LogP contribution in [-0.2, 0) is 28.5 Å². The van der Waals surface area contributed by atoms with Gasteiger partial charge in [0.2, 0.25) is 0 Å². The molecule has 0 radical (unpaired) electrons. The van der Waals surface area contributed by atoms with Crippen molar-refractivity contribution >= 4 is 6.29 Å². The van der Waals surface area contributed by atoms with Gasteiger partial charge in [-0.05, 0) is 13.8 Å². The summed E-state index contributed by atoms with van der Waals surface area (Å²) in [6, 6.07) is 0. The average Bonchev–Trinajstić information content (AvgIpc) is 2.65. The quantitative estimate of drug-likeness (QED) is 0.277. The maximum absolute atomic E-state index is 11.0. The second-order valence-electron chi connectivity index (χ2n) is 6.68. The van der Waals surface area contributed by atoms with Crippen LogP contribution in [0.1, 0.15) is 13.8 Å². The minimum Gasteiger partial charge on any atom is -0.393 e. The van der Waals surface area contributed by atoms with Gasteiger partial charge in [-0.25, -0.2) is 0 Å². The zero-order valence-corrected chi connectivity index (χ0v) is 15.3. The van der Waals surface area contributed by atoms with Crippen LogP contribution in [0.15, 0.2) is 0 Å². The Morgan fingerprint density at radius 2 is 1.52 bits per heavy atom. The molecule has 0 amide bonds. The van der Waals surface area contributed by atoms with Crippen molar-refractivity contribution in [3.05, 3.63) is 0 Å². The van der Waals surface area contributed by atoms with Gasteiger partial charge in [-0.2, -0.15) is 0 Å². The van der Waals surface area contributed by atoms with E-state index in [0.717, 1.165) is 0 Å². The van der Waals surface area contributed by atoms with Gasteiger partial charge in [-0.1, -0.05) is 0 Å². The normalized spacial score (nSPS) is 46.8. The van der Waals surface area contributed by atoms with E-state index in [4.69, 9.17) is 23.7 Å². The van der Waals surface area contributed by atoms with Gasteiger partial charge in [-0.15, -0.1) is 0 Å². The topological polar surface area (TPSA) is 164 Å². The minimum atomic E-state index is -1.59. The highest BCUT2D eigenvalue weighted by atomic mass is 16.8. The molecule has 0 spiro atoms. The molecule has 2 saturated heterocycles. The van der Waals surface area contributed by atoms with Crippen LogP contribution in [0.25, 0.3) is 0 Å². The first-order chi connectivity index (χ1) is 12.7. The molecule has 2 fully saturated rings. The van der Waals surface area contributed by atoms with E-state index in [-0.39, 0.29) is 0 Å². The first kappa shape index (κ1) is 22.6. The number of rotatable bonds is 7. The van der Waals surface area contributed by atoms with Crippen LogP contribution >= 0.6 is 0 Å². The summed E-state index contributed by atoms with van der Waals surface area (Å²) in [6.45, 7) is 2.45. The largest absolute Gasteiger partial charge is 0.393 e. The van der Waals surface area contributed by atoms with Gasteiger partial charge >= 0.3 is 0 Å². The van der Waals surface area contributed by atoms with E-state index in [1.807, 2.05) is 0 Å². The van der Waals surface area contributed by atoms with Crippen LogP contribution < -0.4 is 0 Å². The maximum atomic E-state index is 11.0. The van der Waals surface area contributed by atoms with Crippen LogP contribution in [0.4, 0.5) is 0 Å². The summed E-state index contributed by atoms with van der Waals surface area (Å²) in [5.74, 6) is 0. The Bertz CT molecular complexity index is 477. The number of hydrogen-bond donors (Lipinski definition) is 5. The maximum Gasteiger partial charge on any atom is 0.187 e. The number of carbonyl (C=O) groups excluding carboxylic acids is 1. The first-order valence-corrected chi connectivity index (χ1v) is 8.68. The number of aliphatic hydroxyl groups excluding tert-OH is 5. The zero-order chi connectivity index (χ0) is 20.3. The van der Waals surface area contributed by atoms with E-state index in [1.165, 1.54) is 14.0 Å². The van der Waals surface area contributed by atoms with E-state index >= 15 is 0 Å². The summed E-state index contributed by atoms with van der Waals surface area (Å²) in [7, 11) is 1.32. The Labute approximate surface area is 156 Å². The molecule has 11 atom stereocenters. The third-order valence-corrected chi connectivity index (χ3v) is 4.77. The molecular formula is C16H28O11. The molecule has 0 aliphatic carbocycles. The molecule has 27 heavy (non-hydrogen) atoms. The van der Waals surface area contributed by atoms with Gasteiger partial charge in [0.15, 0.2) is 18.9 Å². The van der Waals surface area contributed by atoms with Crippen molar-refractivity contribution in [2.45, 2.75) is 81.4 Å². The number of methoxy groups -OCH3 is 1. The summed E-state index contributed by atoms with van der Waals surface area (Å²) < 4.78 is 27.3. The Hall–Kier alpha value is -0.730. The van der Waals surface area contributed by atoms with Crippen LogP contribution in [0.3, 0.4) is 0 Å². The second kappa shape index (κ2) is 9.65. The molecule has 1 unspecified atom stereocenters. The van der Waals surface area contributed by atoms with Crippen LogP contribution in [0.2, 0.25) is 0 Å². The van der Waals surface area contributed by atoms with E-state index in [2.05, 4.69) is 0 Å². The summed E-state index contributed by atoms with van der Waals surface area (Å²) in [5, 5.41) is 49.4. The lowest BCUT2D eigenvalue weighted by Gasteiger charge is -2.46. The predicted molar refractivity (Wildman–Crippen MR) is 86.4 cm³/mol. The third kappa shape index (κ3) is 4.82. The Morgan fingerprint density at radius 3 is 2.07 bits per heavy atom. The molecule has 0 aromatic carbocycles. The molecule has 11 nitrogen and oxygen atoms in total. The van der Waals surface area contributed by atoms with Crippen molar-refractivity contribution in [1.29, 1.82) is 0 Å². The molecule has 158 valence electrons. The van der Waals surface area contributed by atoms with Crippen LogP contribution in [0, 0.1) is 0 Å². The minimum absolute atomic E-state index is 0.381. The lowest BCUT2D eigenvalue weighted by Crippen LogP contribution is -2.64.